The molecule has 0 saturated carbocycles. The fourth-order valence-electron chi connectivity index (χ4n) is 3.10. The smallest absolute Gasteiger partial charge is 0.252 e. The zero-order valence-corrected chi connectivity index (χ0v) is 17.8. The van der Waals surface area contributed by atoms with Gasteiger partial charge in [0.15, 0.2) is 11.5 Å². The first-order valence-electron chi connectivity index (χ1n) is 9.29. The molecule has 1 amide bonds. The van der Waals surface area contributed by atoms with Crippen molar-refractivity contribution in [3.63, 3.8) is 0 Å². The second-order valence-electron chi connectivity index (χ2n) is 7.26. The molecular formula is C20H33ClN2O4. The van der Waals surface area contributed by atoms with Gasteiger partial charge < -0.3 is 24.8 Å². The van der Waals surface area contributed by atoms with Crippen LogP contribution in [-0.4, -0.2) is 45.4 Å². The summed E-state index contributed by atoms with van der Waals surface area (Å²) in [5.74, 6) is 1.77. The van der Waals surface area contributed by atoms with Crippen LogP contribution >= 0.6 is 12.4 Å². The van der Waals surface area contributed by atoms with E-state index in [1.54, 1.807) is 14.2 Å². The SMILES string of the molecule is COc1cc(C(C)NC(=O)C2(OC)CCNCC2)ccc1OCC(C)C.Cl. The van der Waals surface area contributed by atoms with Crippen molar-refractivity contribution in [1.82, 2.24) is 10.6 Å². The molecule has 0 aromatic heterocycles. The maximum atomic E-state index is 12.8. The van der Waals surface area contributed by atoms with E-state index in [9.17, 15) is 4.79 Å². The summed E-state index contributed by atoms with van der Waals surface area (Å²) in [6.07, 6.45) is 1.35. The van der Waals surface area contributed by atoms with Crippen LogP contribution < -0.4 is 20.1 Å². The van der Waals surface area contributed by atoms with Crippen LogP contribution in [0.2, 0.25) is 0 Å². The minimum absolute atomic E-state index is 0. The molecule has 0 radical (unpaired) electrons. The van der Waals surface area contributed by atoms with Crippen LogP contribution in [0, 0.1) is 5.92 Å². The van der Waals surface area contributed by atoms with E-state index in [0.717, 1.165) is 24.4 Å². The van der Waals surface area contributed by atoms with Gasteiger partial charge in [-0.15, -0.1) is 12.4 Å². The topological polar surface area (TPSA) is 68.8 Å². The molecule has 2 rings (SSSR count). The summed E-state index contributed by atoms with van der Waals surface area (Å²) >= 11 is 0. The molecule has 6 nitrogen and oxygen atoms in total. The Kier molecular flexibility index (Phi) is 9.36. The standard InChI is InChI=1S/C20H32N2O4.ClH/c1-14(2)13-26-17-7-6-16(12-18(17)24-4)15(3)22-19(23)20(25-5)8-10-21-11-9-20;/h6-7,12,14-15,21H,8-11,13H2,1-5H3,(H,22,23);1H. The third-order valence-electron chi connectivity index (χ3n) is 4.82. The van der Waals surface area contributed by atoms with Crippen LogP contribution in [0.25, 0.3) is 0 Å². The summed E-state index contributed by atoms with van der Waals surface area (Å²) in [5.41, 5.74) is 0.219. The van der Waals surface area contributed by atoms with Gasteiger partial charge in [-0.2, -0.15) is 0 Å². The van der Waals surface area contributed by atoms with Gasteiger partial charge in [-0.05, 0) is 56.5 Å². The third kappa shape index (κ3) is 5.99. The van der Waals surface area contributed by atoms with Crippen molar-refractivity contribution in [1.29, 1.82) is 0 Å². The Hall–Kier alpha value is -1.50. The molecule has 2 N–H and O–H groups in total. The van der Waals surface area contributed by atoms with Crippen LogP contribution in [0.5, 0.6) is 11.5 Å². The number of nitrogens with one attached hydrogen (secondary N) is 2. The maximum absolute atomic E-state index is 12.8. The summed E-state index contributed by atoms with van der Waals surface area (Å²) < 4.78 is 16.9. The number of halogens is 1. The Bertz CT molecular complexity index is 604. The van der Waals surface area contributed by atoms with Gasteiger partial charge in [0.05, 0.1) is 19.8 Å². The first-order chi connectivity index (χ1) is 12.4. The highest BCUT2D eigenvalue weighted by Crippen LogP contribution is 2.31. The minimum Gasteiger partial charge on any atom is -0.493 e. The summed E-state index contributed by atoms with van der Waals surface area (Å²) in [5, 5.41) is 6.35. The van der Waals surface area contributed by atoms with Crippen molar-refractivity contribution in [2.75, 3.05) is 33.9 Å². The lowest BCUT2D eigenvalue weighted by Gasteiger charge is -2.35. The molecule has 1 fully saturated rings. The number of amides is 1. The van der Waals surface area contributed by atoms with Gasteiger partial charge in [-0.3, -0.25) is 4.79 Å². The van der Waals surface area contributed by atoms with Crippen molar-refractivity contribution in [2.45, 2.75) is 45.3 Å². The number of rotatable bonds is 8. The van der Waals surface area contributed by atoms with Crippen molar-refractivity contribution >= 4 is 18.3 Å². The predicted octanol–water partition coefficient (Wildman–Crippen LogP) is 3.10. The van der Waals surface area contributed by atoms with E-state index in [1.165, 1.54) is 0 Å². The normalized spacial score (nSPS) is 17.0. The molecule has 7 heteroatoms. The monoisotopic (exact) mass is 400 g/mol. The average molecular weight is 401 g/mol. The fourth-order valence-corrected chi connectivity index (χ4v) is 3.10. The fraction of sp³-hybridized carbons (Fsp3) is 0.650. The second kappa shape index (κ2) is 10.7. The zero-order valence-electron chi connectivity index (χ0n) is 17.0. The second-order valence-corrected chi connectivity index (χ2v) is 7.26. The predicted molar refractivity (Wildman–Crippen MR) is 109 cm³/mol. The molecule has 0 aliphatic carbocycles. The lowest BCUT2D eigenvalue weighted by Crippen LogP contribution is -2.54. The molecular weight excluding hydrogens is 368 g/mol. The number of piperidine rings is 1. The lowest BCUT2D eigenvalue weighted by molar-refractivity contribution is -0.147. The molecule has 1 aliphatic rings. The number of ether oxygens (including phenoxy) is 3. The molecule has 1 unspecified atom stereocenters. The highest BCUT2D eigenvalue weighted by atomic mass is 35.5. The van der Waals surface area contributed by atoms with Gasteiger partial charge in [-0.1, -0.05) is 19.9 Å². The first-order valence-corrected chi connectivity index (χ1v) is 9.29. The van der Waals surface area contributed by atoms with E-state index in [2.05, 4.69) is 24.5 Å². The minimum atomic E-state index is -0.746. The molecule has 1 saturated heterocycles. The van der Waals surface area contributed by atoms with E-state index >= 15 is 0 Å². The van der Waals surface area contributed by atoms with E-state index in [4.69, 9.17) is 14.2 Å². The Morgan fingerprint density at radius 3 is 2.41 bits per heavy atom. The van der Waals surface area contributed by atoms with E-state index < -0.39 is 5.60 Å². The number of hydrogen-bond donors (Lipinski definition) is 2. The molecule has 0 spiro atoms. The Balaban J connectivity index is 0.00000364. The summed E-state index contributed by atoms with van der Waals surface area (Å²) in [7, 11) is 3.24. The number of carbonyl (C=O) groups excluding carboxylic acids is 1. The van der Waals surface area contributed by atoms with Gasteiger partial charge >= 0.3 is 0 Å². The van der Waals surface area contributed by atoms with Crippen molar-refractivity contribution in [3.05, 3.63) is 23.8 Å². The molecule has 27 heavy (non-hydrogen) atoms. The molecule has 154 valence electrons. The molecule has 1 atom stereocenters. The highest BCUT2D eigenvalue weighted by molar-refractivity contribution is 5.86. The molecule has 1 aromatic rings. The third-order valence-corrected chi connectivity index (χ3v) is 4.82. The lowest BCUT2D eigenvalue weighted by atomic mass is 9.90. The number of hydrogen-bond acceptors (Lipinski definition) is 5. The van der Waals surface area contributed by atoms with Gasteiger partial charge in [0.1, 0.15) is 5.60 Å². The van der Waals surface area contributed by atoms with Gasteiger partial charge in [0, 0.05) is 7.11 Å². The summed E-state index contributed by atoms with van der Waals surface area (Å²) in [6, 6.07) is 5.63. The van der Waals surface area contributed by atoms with Gasteiger partial charge in [0.25, 0.3) is 5.91 Å². The largest absolute Gasteiger partial charge is 0.493 e. The van der Waals surface area contributed by atoms with Crippen LogP contribution in [-0.2, 0) is 9.53 Å². The van der Waals surface area contributed by atoms with Crippen molar-refractivity contribution in [2.24, 2.45) is 5.92 Å². The van der Waals surface area contributed by atoms with E-state index in [-0.39, 0.29) is 24.4 Å². The average Bonchev–Trinajstić information content (AvgIpc) is 2.66. The number of carbonyl (C=O) groups is 1. The number of benzene rings is 1. The van der Waals surface area contributed by atoms with Crippen LogP contribution in [0.15, 0.2) is 18.2 Å². The Labute approximate surface area is 168 Å². The highest BCUT2D eigenvalue weighted by Gasteiger charge is 2.40. The van der Waals surface area contributed by atoms with Crippen molar-refractivity contribution in [3.8, 4) is 11.5 Å². The summed E-state index contributed by atoms with van der Waals surface area (Å²) in [6.45, 7) is 8.37. The Morgan fingerprint density at radius 2 is 1.85 bits per heavy atom. The molecule has 1 aromatic carbocycles. The van der Waals surface area contributed by atoms with Crippen LogP contribution in [0.4, 0.5) is 0 Å². The van der Waals surface area contributed by atoms with Crippen molar-refractivity contribution < 1.29 is 19.0 Å². The van der Waals surface area contributed by atoms with E-state index in [0.29, 0.717) is 31.1 Å². The van der Waals surface area contributed by atoms with Gasteiger partial charge in [0.2, 0.25) is 0 Å². The molecule has 1 aliphatic heterocycles. The molecule has 1 heterocycles. The first kappa shape index (κ1) is 23.5. The number of methoxy groups -OCH3 is 2. The maximum Gasteiger partial charge on any atom is 0.252 e. The summed E-state index contributed by atoms with van der Waals surface area (Å²) in [4.78, 5) is 12.8. The van der Waals surface area contributed by atoms with Crippen LogP contribution in [0.3, 0.4) is 0 Å². The van der Waals surface area contributed by atoms with E-state index in [1.807, 2.05) is 25.1 Å². The zero-order chi connectivity index (χ0) is 19.2. The van der Waals surface area contributed by atoms with Gasteiger partial charge in [-0.25, -0.2) is 0 Å². The quantitative estimate of drug-likeness (QED) is 0.701. The Morgan fingerprint density at radius 1 is 1.19 bits per heavy atom. The molecule has 0 bridgehead atoms. The van der Waals surface area contributed by atoms with Crippen LogP contribution in [0.1, 0.15) is 45.2 Å².